The molecular weight excluding hydrogens is 524 g/mol. The van der Waals surface area contributed by atoms with Gasteiger partial charge in [-0.15, -0.1) is 0 Å². The Morgan fingerprint density at radius 1 is 1.00 bits per heavy atom. The maximum Gasteiger partial charge on any atom is 0.410 e. The van der Waals surface area contributed by atoms with Gasteiger partial charge < -0.3 is 28.7 Å². The summed E-state index contributed by atoms with van der Waals surface area (Å²) in [6, 6.07) is 6.20. The SMILES string of the molecule is Cc1nc(N2CC(OC3CCCCO3)C2)cc(-n2ncc3cc(C)c(C4CN(C(=O)OC(C)(C)C)CCO4)cc32)n1. The van der Waals surface area contributed by atoms with Gasteiger partial charge in [0.1, 0.15) is 23.3 Å². The van der Waals surface area contributed by atoms with Crippen LogP contribution in [0.25, 0.3) is 16.7 Å². The van der Waals surface area contributed by atoms with E-state index < -0.39 is 5.60 Å². The van der Waals surface area contributed by atoms with Gasteiger partial charge in [-0.25, -0.2) is 19.4 Å². The van der Waals surface area contributed by atoms with E-state index in [0.29, 0.717) is 31.3 Å². The summed E-state index contributed by atoms with van der Waals surface area (Å²) in [4.78, 5) is 26.1. The largest absolute Gasteiger partial charge is 0.444 e. The van der Waals surface area contributed by atoms with Gasteiger partial charge in [-0.3, -0.25) is 0 Å². The first kappa shape index (κ1) is 27.9. The summed E-state index contributed by atoms with van der Waals surface area (Å²) in [5, 5.41) is 5.70. The van der Waals surface area contributed by atoms with E-state index in [-0.39, 0.29) is 24.6 Å². The highest BCUT2D eigenvalue weighted by atomic mass is 16.7. The number of rotatable bonds is 5. The molecule has 0 saturated carbocycles. The van der Waals surface area contributed by atoms with E-state index in [2.05, 4.69) is 24.0 Å². The highest BCUT2D eigenvalue weighted by Gasteiger charge is 2.33. The predicted molar refractivity (Wildman–Crippen MR) is 153 cm³/mol. The minimum Gasteiger partial charge on any atom is -0.444 e. The van der Waals surface area contributed by atoms with Crippen LogP contribution in [0.4, 0.5) is 10.6 Å². The van der Waals surface area contributed by atoms with E-state index in [1.807, 2.05) is 44.6 Å². The summed E-state index contributed by atoms with van der Waals surface area (Å²) in [5.41, 5.74) is 2.48. The fourth-order valence-corrected chi connectivity index (χ4v) is 5.61. The van der Waals surface area contributed by atoms with Gasteiger partial charge in [0.2, 0.25) is 0 Å². The first-order valence-electron chi connectivity index (χ1n) is 14.6. The first-order chi connectivity index (χ1) is 19.6. The molecule has 11 heteroatoms. The molecule has 41 heavy (non-hydrogen) atoms. The standard InChI is InChI=1S/C30H40N6O5/c1-19-12-21-15-31-36(24(21)13-23(19)25-18-34(9-11-38-25)29(37)41-30(3,4)5)27-14-26(32-20(2)33-27)35-16-22(17-35)40-28-8-6-7-10-39-28/h12-15,22,25,28H,6-11,16-18H2,1-5H3. The molecule has 2 aromatic heterocycles. The molecule has 0 radical (unpaired) electrons. The second kappa shape index (κ2) is 11.2. The van der Waals surface area contributed by atoms with Crippen molar-refractivity contribution in [2.75, 3.05) is 44.3 Å². The van der Waals surface area contributed by atoms with Gasteiger partial charge in [0.25, 0.3) is 0 Å². The fraction of sp³-hybridized carbons (Fsp3) is 0.600. The van der Waals surface area contributed by atoms with Crippen molar-refractivity contribution >= 4 is 22.8 Å². The second-order valence-electron chi connectivity index (χ2n) is 12.2. The van der Waals surface area contributed by atoms with Crippen LogP contribution >= 0.6 is 0 Å². The summed E-state index contributed by atoms with van der Waals surface area (Å²) in [6.07, 6.45) is 4.56. The number of amides is 1. The van der Waals surface area contributed by atoms with Gasteiger partial charge >= 0.3 is 6.09 Å². The van der Waals surface area contributed by atoms with Crippen molar-refractivity contribution in [3.8, 4) is 5.82 Å². The summed E-state index contributed by atoms with van der Waals surface area (Å²) >= 11 is 0. The molecule has 3 saturated heterocycles. The molecule has 6 rings (SSSR count). The van der Waals surface area contributed by atoms with Gasteiger partial charge in [0.05, 0.1) is 31.0 Å². The molecule has 3 aromatic rings. The molecule has 0 N–H and O–H groups in total. The zero-order valence-corrected chi connectivity index (χ0v) is 24.6. The highest BCUT2D eigenvalue weighted by Crippen LogP contribution is 2.31. The molecule has 220 valence electrons. The van der Waals surface area contributed by atoms with Crippen LogP contribution in [0.5, 0.6) is 0 Å². The second-order valence-corrected chi connectivity index (χ2v) is 12.2. The van der Waals surface area contributed by atoms with Crippen molar-refractivity contribution in [3.05, 3.63) is 41.3 Å². The third-order valence-electron chi connectivity index (χ3n) is 7.70. The third kappa shape index (κ3) is 6.17. The van der Waals surface area contributed by atoms with Crippen molar-refractivity contribution in [2.24, 2.45) is 0 Å². The molecule has 3 fully saturated rings. The first-order valence-corrected chi connectivity index (χ1v) is 14.6. The number of carbonyl (C=O) groups excluding carboxylic acids is 1. The fourth-order valence-electron chi connectivity index (χ4n) is 5.61. The third-order valence-corrected chi connectivity index (χ3v) is 7.70. The summed E-state index contributed by atoms with van der Waals surface area (Å²) in [7, 11) is 0. The number of hydrogen-bond donors (Lipinski definition) is 0. The van der Waals surface area contributed by atoms with Crippen LogP contribution in [-0.2, 0) is 18.9 Å². The number of benzene rings is 1. The van der Waals surface area contributed by atoms with Crippen LogP contribution in [-0.4, -0.2) is 88.1 Å². The Morgan fingerprint density at radius 3 is 2.56 bits per heavy atom. The lowest BCUT2D eigenvalue weighted by atomic mass is 10.00. The Hall–Kier alpha value is -3.28. The topological polar surface area (TPSA) is 104 Å². The summed E-state index contributed by atoms with van der Waals surface area (Å²) < 4.78 is 25.5. The average molecular weight is 565 g/mol. The Morgan fingerprint density at radius 2 is 1.80 bits per heavy atom. The molecule has 3 aliphatic rings. The highest BCUT2D eigenvalue weighted by molar-refractivity contribution is 5.82. The molecule has 0 spiro atoms. The zero-order valence-electron chi connectivity index (χ0n) is 24.6. The lowest BCUT2D eigenvalue weighted by molar-refractivity contribution is -0.191. The number of aryl methyl sites for hydroxylation is 2. The summed E-state index contributed by atoms with van der Waals surface area (Å²) in [5.74, 6) is 2.24. The number of anilines is 1. The van der Waals surface area contributed by atoms with E-state index in [9.17, 15) is 4.79 Å². The Kier molecular flexibility index (Phi) is 7.60. The maximum absolute atomic E-state index is 12.8. The lowest BCUT2D eigenvalue weighted by Crippen LogP contribution is -2.54. The lowest BCUT2D eigenvalue weighted by Gasteiger charge is -2.41. The van der Waals surface area contributed by atoms with E-state index in [0.717, 1.165) is 66.8 Å². The molecule has 1 amide bonds. The molecule has 3 aliphatic heterocycles. The number of ether oxygens (including phenoxy) is 4. The molecule has 5 heterocycles. The number of carbonyl (C=O) groups is 1. The molecule has 2 unspecified atom stereocenters. The Bertz CT molecular complexity index is 1410. The molecule has 0 bridgehead atoms. The van der Waals surface area contributed by atoms with Gasteiger partial charge in [-0.1, -0.05) is 0 Å². The maximum atomic E-state index is 12.8. The quantitative estimate of drug-likeness (QED) is 0.444. The molecule has 0 aliphatic carbocycles. The normalized spacial score (nSPS) is 22.2. The van der Waals surface area contributed by atoms with Crippen molar-refractivity contribution in [1.29, 1.82) is 0 Å². The van der Waals surface area contributed by atoms with Gasteiger partial charge in [0.15, 0.2) is 12.1 Å². The molecule has 11 nitrogen and oxygen atoms in total. The van der Waals surface area contributed by atoms with E-state index in [1.165, 1.54) is 0 Å². The number of morpholine rings is 1. The van der Waals surface area contributed by atoms with Crippen LogP contribution in [0, 0.1) is 13.8 Å². The minimum absolute atomic E-state index is 0.0870. The Labute approximate surface area is 240 Å². The number of fused-ring (bicyclic) bond motifs is 1. The van der Waals surface area contributed by atoms with Crippen LogP contribution in [0.1, 0.15) is 63.1 Å². The number of aromatic nitrogens is 4. The zero-order chi connectivity index (χ0) is 28.7. The van der Waals surface area contributed by atoms with Crippen LogP contribution in [0.15, 0.2) is 24.4 Å². The van der Waals surface area contributed by atoms with Crippen molar-refractivity contribution < 1.29 is 23.7 Å². The predicted octanol–water partition coefficient (Wildman–Crippen LogP) is 4.47. The van der Waals surface area contributed by atoms with Crippen LogP contribution in [0.2, 0.25) is 0 Å². The van der Waals surface area contributed by atoms with Crippen molar-refractivity contribution in [2.45, 2.75) is 78.0 Å². The average Bonchev–Trinajstić information content (AvgIpc) is 3.32. The van der Waals surface area contributed by atoms with Gasteiger partial charge in [-0.2, -0.15) is 5.10 Å². The van der Waals surface area contributed by atoms with E-state index in [4.69, 9.17) is 34.0 Å². The molecular formula is C30H40N6O5. The monoisotopic (exact) mass is 564 g/mol. The minimum atomic E-state index is -0.547. The molecule has 1 aromatic carbocycles. The van der Waals surface area contributed by atoms with Crippen LogP contribution < -0.4 is 4.90 Å². The smallest absolute Gasteiger partial charge is 0.410 e. The Balaban J connectivity index is 1.21. The van der Waals surface area contributed by atoms with Crippen molar-refractivity contribution in [1.82, 2.24) is 24.6 Å². The van der Waals surface area contributed by atoms with Gasteiger partial charge in [-0.05, 0) is 77.1 Å². The van der Waals surface area contributed by atoms with E-state index in [1.54, 1.807) is 4.90 Å². The number of nitrogens with zero attached hydrogens (tertiary/aromatic N) is 6. The van der Waals surface area contributed by atoms with E-state index >= 15 is 0 Å². The van der Waals surface area contributed by atoms with Crippen LogP contribution in [0.3, 0.4) is 0 Å². The van der Waals surface area contributed by atoms with Crippen molar-refractivity contribution in [3.63, 3.8) is 0 Å². The molecule has 2 atom stereocenters. The number of hydrogen-bond acceptors (Lipinski definition) is 9. The van der Waals surface area contributed by atoms with Gasteiger partial charge in [0, 0.05) is 37.7 Å². The summed E-state index contributed by atoms with van der Waals surface area (Å²) in [6.45, 7) is 13.3.